The minimum atomic E-state index is -0.489. The quantitative estimate of drug-likeness (QED) is 0.696. The third kappa shape index (κ3) is 5.07. The van der Waals surface area contributed by atoms with Gasteiger partial charge in [-0.3, -0.25) is 14.5 Å². The predicted molar refractivity (Wildman–Crippen MR) is 119 cm³/mol. The van der Waals surface area contributed by atoms with E-state index in [-0.39, 0.29) is 18.2 Å². The second-order valence-corrected chi connectivity index (χ2v) is 8.04. The van der Waals surface area contributed by atoms with Crippen molar-refractivity contribution >= 4 is 11.8 Å². The van der Waals surface area contributed by atoms with Crippen molar-refractivity contribution in [3.63, 3.8) is 0 Å². The van der Waals surface area contributed by atoms with Gasteiger partial charge >= 0.3 is 0 Å². The SMILES string of the molecule is CCn1ccnc1CN(C)C(=O)C[C@H]1C(=O)NCCN1Cc1ccc(OC)c(C)c1C. The molecule has 0 aliphatic carbocycles. The highest BCUT2D eigenvalue weighted by molar-refractivity contribution is 5.88. The summed E-state index contributed by atoms with van der Waals surface area (Å²) in [5.74, 6) is 1.54. The molecule has 2 heterocycles. The third-order valence-corrected chi connectivity index (χ3v) is 6.20. The zero-order valence-electron chi connectivity index (χ0n) is 19.1. The maximum Gasteiger partial charge on any atom is 0.237 e. The van der Waals surface area contributed by atoms with E-state index in [1.807, 2.05) is 36.7 Å². The summed E-state index contributed by atoms with van der Waals surface area (Å²) in [4.78, 5) is 33.7. The summed E-state index contributed by atoms with van der Waals surface area (Å²) in [5, 5.41) is 2.91. The van der Waals surface area contributed by atoms with Gasteiger partial charge in [-0.15, -0.1) is 0 Å². The Morgan fingerprint density at radius 2 is 2.10 bits per heavy atom. The van der Waals surface area contributed by atoms with Gasteiger partial charge in [-0.25, -0.2) is 4.98 Å². The van der Waals surface area contributed by atoms with Crippen LogP contribution in [0.3, 0.4) is 0 Å². The highest BCUT2D eigenvalue weighted by Gasteiger charge is 2.33. The molecule has 1 atom stereocenters. The molecule has 2 aromatic rings. The molecule has 8 nitrogen and oxygen atoms in total. The van der Waals surface area contributed by atoms with E-state index in [9.17, 15) is 9.59 Å². The number of ether oxygens (including phenoxy) is 1. The molecule has 0 unspecified atom stereocenters. The summed E-state index contributed by atoms with van der Waals surface area (Å²) < 4.78 is 7.42. The summed E-state index contributed by atoms with van der Waals surface area (Å²) in [5.41, 5.74) is 3.39. The minimum Gasteiger partial charge on any atom is -0.496 e. The van der Waals surface area contributed by atoms with Gasteiger partial charge in [-0.2, -0.15) is 0 Å². The number of nitrogens with zero attached hydrogens (tertiary/aromatic N) is 4. The number of carbonyl (C=O) groups is 2. The number of amides is 2. The molecule has 0 bridgehead atoms. The molecule has 8 heteroatoms. The highest BCUT2D eigenvalue weighted by atomic mass is 16.5. The Morgan fingerprint density at radius 3 is 2.81 bits per heavy atom. The molecule has 1 aliphatic heterocycles. The second kappa shape index (κ2) is 9.96. The number of rotatable bonds is 8. The number of nitrogens with one attached hydrogen (secondary N) is 1. The summed E-state index contributed by atoms with van der Waals surface area (Å²) in [6.45, 7) is 9.28. The number of imidazole rings is 1. The fourth-order valence-electron chi connectivity index (χ4n) is 4.04. The minimum absolute atomic E-state index is 0.0691. The van der Waals surface area contributed by atoms with Crippen molar-refractivity contribution in [2.24, 2.45) is 0 Å². The summed E-state index contributed by atoms with van der Waals surface area (Å²) in [6.07, 6.45) is 3.79. The maximum absolute atomic E-state index is 13.0. The smallest absolute Gasteiger partial charge is 0.237 e. The Balaban J connectivity index is 1.71. The third-order valence-electron chi connectivity index (χ3n) is 6.20. The van der Waals surface area contributed by atoms with E-state index in [0.29, 0.717) is 26.2 Å². The van der Waals surface area contributed by atoms with Crippen LogP contribution in [-0.2, 0) is 29.2 Å². The zero-order chi connectivity index (χ0) is 22.5. The molecule has 1 aromatic carbocycles. The number of benzene rings is 1. The summed E-state index contributed by atoms with van der Waals surface area (Å²) in [6, 6.07) is 3.52. The first-order chi connectivity index (χ1) is 14.8. The van der Waals surface area contributed by atoms with Crippen molar-refractivity contribution in [3.05, 3.63) is 47.0 Å². The van der Waals surface area contributed by atoms with Crippen molar-refractivity contribution in [3.8, 4) is 5.75 Å². The average Bonchev–Trinajstić information content (AvgIpc) is 3.20. The number of aryl methyl sites for hydroxylation is 1. The van der Waals surface area contributed by atoms with Crippen LogP contribution in [0.2, 0.25) is 0 Å². The van der Waals surface area contributed by atoms with Gasteiger partial charge in [0.1, 0.15) is 11.6 Å². The summed E-state index contributed by atoms with van der Waals surface area (Å²) in [7, 11) is 3.43. The van der Waals surface area contributed by atoms with Gasteiger partial charge in [0.05, 0.1) is 26.1 Å². The summed E-state index contributed by atoms with van der Waals surface area (Å²) >= 11 is 0. The zero-order valence-corrected chi connectivity index (χ0v) is 19.1. The van der Waals surface area contributed by atoms with Gasteiger partial charge < -0.3 is 19.5 Å². The normalized spacial score (nSPS) is 16.8. The largest absolute Gasteiger partial charge is 0.496 e. The Labute approximate surface area is 184 Å². The molecule has 1 N–H and O–H groups in total. The lowest BCUT2D eigenvalue weighted by Crippen LogP contribution is -2.56. The fourth-order valence-corrected chi connectivity index (χ4v) is 4.04. The topological polar surface area (TPSA) is 79.7 Å². The van der Waals surface area contributed by atoms with Crippen LogP contribution in [0, 0.1) is 13.8 Å². The highest BCUT2D eigenvalue weighted by Crippen LogP contribution is 2.26. The molecule has 31 heavy (non-hydrogen) atoms. The van der Waals surface area contributed by atoms with E-state index in [2.05, 4.69) is 22.1 Å². The van der Waals surface area contributed by atoms with Gasteiger partial charge in [0.25, 0.3) is 0 Å². The Bertz CT molecular complexity index is 939. The van der Waals surface area contributed by atoms with E-state index in [0.717, 1.165) is 34.8 Å². The first-order valence-electron chi connectivity index (χ1n) is 10.7. The molecule has 1 fully saturated rings. The number of hydrogen-bond donors (Lipinski definition) is 1. The van der Waals surface area contributed by atoms with Crippen molar-refractivity contribution in [1.29, 1.82) is 0 Å². The van der Waals surface area contributed by atoms with E-state index in [1.54, 1.807) is 25.3 Å². The van der Waals surface area contributed by atoms with Crippen LogP contribution >= 0.6 is 0 Å². The molecule has 0 radical (unpaired) electrons. The molecule has 168 valence electrons. The molecular weight excluding hydrogens is 394 g/mol. The standard InChI is InChI=1S/C23H33N5O3/c1-6-27-11-9-24-21(27)15-26(4)22(29)13-19-23(30)25-10-12-28(19)14-18-7-8-20(31-5)17(3)16(18)2/h7-9,11,19H,6,10,12-15H2,1-5H3,(H,25,30)/t19-/m0/s1. The van der Waals surface area contributed by atoms with E-state index in [4.69, 9.17) is 4.74 Å². The van der Waals surface area contributed by atoms with Crippen LogP contribution in [0.4, 0.5) is 0 Å². The van der Waals surface area contributed by atoms with Crippen molar-refractivity contribution in [1.82, 2.24) is 24.7 Å². The van der Waals surface area contributed by atoms with E-state index >= 15 is 0 Å². The first-order valence-corrected chi connectivity index (χ1v) is 10.7. The number of carbonyl (C=O) groups excluding carboxylic acids is 2. The van der Waals surface area contributed by atoms with Crippen LogP contribution < -0.4 is 10.1 Å². The second-order valence-electron chi connectivity index (χ2n) is 8.04. The molecule has 2 amide bonds. The van der Waals surface area contributed by atoms with Crippen molar-refractivity contribution in [2.75, 3.05) is 27.2 Å². The fraction of sp³-hybridized carbons (Fsp3) is 0.522. The van der Waals surface area contributed by atoms with E-state index < -0.39 is 6.04 Å². The number of methoxy groups -OCH3 is 1. The van der Waals surface area contributed by atoms with E-state index in [1.165, 1.54) is 0 Å². The van der Waals surface area contributed by atoms with Crippen LogP contribution in [0.1, 0.15) is 35.9 Å². The van der Waals surface area contributed by atoms with Crippen molar-refractivity contribution < 1.29 is 14.3 Å². The predicted octanol–water partition coefficient (Wildman–Crippen LogP) is 1.88. The van der Waals surface area contributed by atoms with Crippen LogP contribution in [0.5, 0.6) is 5.75 Å². The number of aromatic nitrogens is 2. The maximum atomic E-state index is 13.0. The average molecular weight is 428 g/mol. The van der Waals surface area contributed by atoms with Gasteiger partial charge in [0.2, 0.25) is 11.8 Å². The molecule has 3 rings (SSSR count). The molecule has 1 aliphatic rings. The van der Waals surface area contributed by atoms with Gasteiger partial charge in [-0.05, 0) is 43.5 Å². The van der Waals surface area contributed by atoms with Gasteiger partial charge in [0.15, 0.2) is 0 Å². The van der Waals surface area contributed by atoms with Gasteiger partial charge in [-0.1, -0.05) is 6.07 Å². The van der Waals surface area contributed by atoms with Crippen molar-refractivity contribution in [2.45, 2.75) is 52.9 Å². The lowest BCUT2D eigenvalue weighted by molar-refractivity contribution is -0.138. The molecule has 0 spiro atoms. The monoisotopic (exact) mass is 427 g/mol. The number of piperazine rings is 1. The Morgan fingerprint density at radius 1 is 1.32 bits per heavy atom. The molecule has 1 aromatic heterocycles. The van der Waals surface area contributed by atoms with Crippen LogP contribution in [0.15, 0.2) is 24.5 Å². The number of hydrogen-bond acceptors (Lipinski definition) is 5. The lowest BCUT2D eigenvalue weighted by Gasteiger charge is -2.36. The Hall–Kier alpha value is -2.87. The first kappa shape index (κ1) is 22.8. The lowest BCUT2D eigenvalue weighted by atomic mass is 10.00. The van der Waals surface area contributed by atoms with Gasteiger partial charge in [0, 0.05) is 45.6 Å². The molecular formula is C23H33N5O3. The molecule has 0 saturated carbocycles. The van der Waals surface area contributed by atoms with Crippen LogP contribution in [-0.4, -0.2) is 64.5 Å². The molecule has 1 saturated heterocycles. The Kier molecular flexibility index (Phi) is 7.33. The van der Waals surface area contributed by atoms with Crippen LogP contribution in [0.25, 0.3) is 0 Å².